The first kappa shape index (κ1) is 12.8. The van der Waals surface area contributed by atoms with Gasteiger partial charge in [-0.15, -0.1) is 0 Å². The van der Waals surface area contributed by atoms with E-state index in [1.165, 1.54) is 5.69 Å². The van der Waals surface area contributed by atoms with E-state index in [4.69, 9.17) is 5.41 Å². The van der Waals surface area contributed by atoms with Crippen molar-refractivity contribution in [1.29, 1.82) is 5.41 Å². The van der Waals surface area contributed by atoms with E-state index >= 15 is 0 Å². The molecule has 2 rings (SSSR count). The van der Waals surface area contributed by atoms with Gasteiger partial charge in [0.05, 0.1) is 0 Å². The van der Waals surface area contributed by atoms with Crippen LogP contribution in [-0.2, 0) is 0 Å². The molecule has 0 amide bonds. The average Bonchev–Trinajstić information content (AvgIpc) is 2.47. The fourth-order valence-corrected chi connectivity index (χ4v) is 2.29. The molecule has 0 radical (unpaired) electrons. The van der Waals surface area contributed by atoms with Crippen molar-refractivity contribution < 1.29 is 0 Å². The standard InChI is InChI=1S/C14H20N4/c1-3-14(15)12(2)17-8-10-18(11-9-17)13-4-6-16-7-5-13/h3-7,12,15H,1,8-11H2,2H3. The molecule has 1 aromatic rings. The highest BCUT2D eigenvalue weighted by molar-refractivity contribution is 5.95. The minimum Gasteiger partial charge on any atom is -0.369 e. The molecule has 2 heterocycles. The molecule has 1 unspecified atom stereocenters. The van der Waals surface area contributed by atoms with Crippen LogP contribution in [0.1, 0.15) is 6.92 Å². The summed E-state index contributed by atoms with van der Waals surface area (Å²) in [4.78, 5) is 8.74. The second-order valence-corrected chi connectivity index (χ2v) is 4.56. The van der Waals surface area contributed by atoms with E-state index in [0.29, 0.717) is 5.71 Å². The van der Waals surface area contributed by atoms with Gasteiger partial charge in [-0.1, -0.05) is 6.58 Å². The Morgan fingerprint density at radius 3 is 2.50 bits per heavy atom. The summed E-state index contributed by atoms with van der Waals surface area (Å²) in [6.07, 6.45) is 5.30. The smallest absolute Gasteiger partial charge is 0.0486 e. The first-order valence-corrected chi connectivity index (χ1v) is 6.32. The van der Waals surface area contributed by atoms with Gasteiger partial charge in [0.25, 0.3) is 0 Å². The Balaban J connectivity index is 1.92. The molecule has 96 valence electrons. The molecule has 1 saturated heterocycles. The maximum atomic E-state index is 7.81. The van der Waals surface area contributed by atoms with Crippen molar-refractivity contribution in [3.63, 3.8) is 0 Å². The Bertz CT molecular complexity index is 407. The molecule has 1 aliphatic heterocycles. The molecule has 18 heavy (non-hydrogen) atoms. The third kappa shape index (κ3) is 2.76. The Kier molecular flexibility index (Phi) is 4.10. The fourth-order valence-electron chi connectivity index (χ4n) is 2.29. The maximum Gasteiger partial charge on any atom is 0.0486 e. The average molecular weight is 244 g/mol. The molecular weight excluding hydrogens is 224 g/mol. The van der Waals surface area contributed by atoms with Crippen molar-refractivity contribution in [2.24, 2.45) is 0 Å². The Morgan fingerprint density at radius 1 is 1.33 bits per heavy atom. The predicted molar refractivity (Wildman–Crippen MR) is 75.4 cm³/mol. The summed E-state index contributed by atoms with van der Waals surface area (Å²) >= 11 is 0. The van der Waals surface area contributed by atoms with Crippen LogP contribution in [-0.4, -0.2) is 47.8 Å². The summed E-state index contributed by atoms with van der Waals surface area (Å²) < 4.78 is 0. The number of hydrogen-bond donors (Lipinski definition) is 1. The van der Waals surface area contributed by atoms with Gasteiger partial charge in [0.15, 0.2) is 0 Å². The van der Waals surface area contributed by atoms with Crippen LogP contribution in [0.25, 0.3) is 0 Å². The molecule has 1 N–H and O–H groups in total. The Morgan fingerprint density at radius 2 is 1.94 bits per heavy atom. The highest BCUT2D eigenvalue weighted by atomic mass is 15.3. The SMILES string of the molecule is C=CC(=N)C(C)N1CCN(c2ccncc2)CC1. The van der Waals surface area contributed by atoms with Crippen molar-refractivity contribution in [3.05, 3.63) is 37.2 Å². The van der Waals surface area contributed by atoms with Gasteiger partial charge in [0, 0.05) is 56.0 Å². The first-order chi connectivity index (χ1) is 8.72. The number of nitrogens with one attached hydrogen (secondary N) is 1. The van der Waals surface area contributed by atoms with Gasteiger partial charge in [0.1, 0.15) is 0 Å². The van der Waals surface area contributed by atoms with Gasteiger partial charge in [0.2, 0.25) is 0 Å². The third-order valence-electron chi connectivity index (χ3n) is 3.56. The zero-order valence-electron chi connectivity index (χ0n) is 10.8. The van der Waals surface area contributed by atoms with Gasteiger partial charge >= 0.3 is 0 Å². The zero-order valence-corrected chi connectivity index (χ0v) is 10.8. The highest BCUT2D eigenvalue weighted by Gasteiger charge is 2.22. The molecule has 0 aromatic carbocycles. The molecule has 0 aliphatic carbocycles. The number of anilines is 1. The summed E-state index contributed by atoms with van der Waals surface area (Å²) in [6.45, 7) is 9.72. The van der Waals surface area contributed by atoms with Crippen LogP contribution >= 0.6 is 0 Å². The lowest BCUT2D eigenvalue weighted by atomic mass is 10.1. The summed E-state index contributed by atoms with van der Waals surface area (Å²) in [5.74, 6) is 0. The van der Waals surface area contributed by atoms with Crippen molar-refractivity contribution in [3.8, 4) is 0 Å². The Labute approximate surface area is 108 Å². The van der Waals surface area contributed by atoms with Crippen LogP contribution in [0.3, 0.4) is 0 Å². The van der Waals surface area contributed by atoms with Gasteiger partial charge in [-0.2, -0.15) is 0 Å². The van der Waals surface area contributed by atoms with E-state index in [0.717, 1.165) is 26.2 Å². The molecule has 1 fully saturated rings. The van der Waals surface area contributed by atoms with Crippen LogP contribution in [0, 0.1) is 5.41 Å². The van der Waals surface area contributed by atoms with Crippen molar-refractivity contribution in [1.82, 2.24) is 9.88 Å². The fraction of sp³-hybridized carbons (Fsp3) is 0.429. The lowest BCUT2D eigenvalue weighted by Crippen LogP contribution is -2.51. The molecule has 0 saturated carbocycles. The van der Waals surface area contributed by atoms with E-state index in [1.54, 1.807) is 6.08 Å². The summed E-state index contributed by atoms with van der Waals surface area (Å²) in [5.41, 5.74) is 1.84. The van der Waals surface area contributed by atoms with E-state index in [1.807, 2.05) is 24.5 Å². The zero-order chi connectivity index (χ0) is 13.0. The second-order valence-electron chi connectivity index (χ2n) is 4.56. The van der Waals surface area contributed by atoms with Gasteiger partial charge < -0.3 is 10.3 Å². The van der Waals surface area contributed by atoms with Gasteiger partial charge in [-0.05, 0) is 25.1 Å². The lowest BCUT2D eigenvalue weighted by molar-refractivity contribution is 0.238. The number of piperazine rings is 1. The van der Waals surface area contributed by atoms with Crippen molar-refractivity contribution >= 4 is 11.4 Å². The van der Waals surface area contributed by atoms with Gasteiger partial charge in [-0.25, -0.2) is 0 Å². The third-order valence-corrected chi connectivity index (χ3v) is 3.56. The van der Waals surface area contributed by atoms with Crippen molar-refractivity contribution in [2.45, 2.75) is 13.0 Å². The summed E-state index contributed by atoms with van der Waals surface area (Å²) in [5, 5.41) is 7.81. The van der Waals surface area contributed by atoms with E-state index < -0.39 is 0 Å². The number of nitrogens with zero attached hydrogens (tertiary/aromatic N) is 3. The minimum atomic E-state index is 0.169. The molecule has 1 aromatic heterocycles. The predicted octanol–water partition coefficient (Wildman–Crippen LogP) is 1.80. The van der Waals surface area contributed by atoms with Crippen LogP contribution < -0.4 is 4.90 Å². The maximum absolute atomic E-state index is 7.81. The van der Waals surface area contributed by atoms with Crippen LogP contribution in [0.15, 0.2) is 37.2 Å². The monoisotopic (exact) mass is 244 g/mol. The topological polar surface area (TPSA) is 43.2 Å². The summed E-state index contributed by atoms with van der Waals surface area (Å²) in [7, 11) is 0. The van der Waals surface area contributed by atoms with Crippen LogP contribution in [0.2, 0.25) is 0 Å². The van der Waals surface area contributed by atoms with E-state index in [2.05, 4.69) is 28.3 Å². The molecular formula is C14H20N4. The number of aromatic nitrogens is 1. The molecule has 0 spiro atoms. The molecule has 0 bridgehead atoms. The second kappa shape index (κ2) is 5.78. The molecule has 1 aliphatic rings. The van der Waals surface area contributed by atoms with Crippen LogP contribution in [0.4, 0.5) is 5.69 Å². The molecule has 1 atom stereocenters. The van der Waals surface area contributed by atoms with Crippen LogP contribution in [0.5, 0.6) is 0 Å². The Hall–Kier alpha value is -1.68. The van der Waals surface area contributed by atoms with E-state index in [9.17, 15) is 0 Å². The molecule has 4 nitrogen and oxygen atoms in total. The normalized spacial score (nSPS) is 18.4. The van der Waals surface area contributed by atoms with Crippen molar-refractivity contribution in [2.75, 3.05) is 31.1 Å². The first-order valence-electron chi connectivity index (χ1n) is 6.32. The largest absolute Gasteiger partial charge is 0.369 e. The molecule has 4 heteroatoms. The van der Waals surface area contributed by atoms with E-state index in [-0.39, 0.29) is 6.04 Å². The summed E-state index contributed by atoms with van der Waals surface area (Å²) in [6, 6.07) is 4.26. The van der Waals surface area contributed by atoms with Gasteiger partial charge in [-0.3, -0.25) is 9.88 Å². The number of pyridine rings is 1. The number of rotatable bonds is 4. The lowest BCUT2D eigenvalue weighted by Gasteiger charge is -2.38. The highest BCUT2D eigenvalue weighted by Crippen LogP contribution is 2.16. The number of hydrogen-bond acceptors (Lipinski definition) is 4. The quantitative estimate of drug-likeness (QED) is 0.821. The minimum absolute atomic E-state index is 0.169.